The molecule has 0 aliphatic carbocycles. The summed E-state index contributed by atoms with van der Waals surface area (Å²) >= 11 is 6.01. The van der Waals surface area contributed by atoms with Gasteiger partial charge in [-0.3, -0.25) is 14.5 Å². The van der Waals surface area contributed by atoms with Gasteiger partial charge in [-0.15, -0.1) is 0 Å². The van der Waals surface area contributed by atoms with Gasteiger partial charge in [0.05, 0.1) is 23.4 Å². The molecule has 2 aliphatic rings. The second kappa shape index (κ2) is 11.9. The number of anilines is 2. The predicted molar refractivity (Wildman–Crippen MR) is 148 cm³/mol. The molecule has 2 heterocycles. The number of amides is 2. The fraction of sp³-hybridized carbons (Fsp3) is 0.333. The Bertz CT molecular complexity index is 1350. The molecule has 2 aliphatic heterocycles. The van der Waals surface area contributed by atoms with Crippen LogP contribution >= 0.6 is 11.6 Å². The highest BCUT2D eigenvalue weighted by Crippen LogP contribution is 2.37. The topological polar surface area (TPSA) is 73.5 Å². The second-order valence-corrected chi connectivity index (χ2v) is 10.8. The Balaban J connectivity index is 1.14. The van der Waals surface area contributed by atoms with E-state index in [1.54, 1.807) is 24.3 Å². The fourth-order valence-electron chi connectivity index (χ4n) is 5.70. The molecule has 0 saturated carbocycles. The van der Waals surface area contributed by atoms with Gasteiger partial charge >= 0.3 is 6.18 Å². The molecule has 2 fully saturated rings. The van der Waals surface area contributed by atoms with Crippen molar-refractivity contribution in [1.82, 2.24) is 15.5 Å². The molecule has 2 atom stereocenters. The lowest BCUT2D eigenvalue weighted by atomic mass is 9.96. The molecule has 6 nitrogen and oxygen atoms in total. The van der Waals surface area contributed by atoms with E-state index >= 15 is 0 Å². The van der Waals surface area contributed by atoms with Crippen molar-refractivity contribution in [3.8, 4) is 0 Å². The van der Waals surface area contributed by atoms with E-state index in [1.165, 1.54) is 17.7 Å². The Labute approximate surface area is 235 Å². The minimum absolute atomic E-state index is 0.0400. The normalized spacial score (nSPS) is 20.6. The Kier molecular flexibility index (Phi) is 8.32. The summed E-state index contributed by atoms with van der Waals surface area (Å²) in [5.41, 5.74) is 1.19. The van der Waals surface area contributed by atoms with Crippen molar-refractivity contribution in [3.63, 3.8) is 0 Å². The van der Waals surface area contributed by atoms with E-state index in [1.807, 2.05) is 24.3 Å². The molecule has 2 saturated heterocycles. The van der Waals surface area contributed by atoms with Crippen LogP contribution in [0.1, 0.15) is 47.2 Å². The molecule has 3 N–H and O–H groups in total. The quantitative estimate of drug-likeness (QED) is 0.304. The lowest BCUT2D eigenvalue weighted by molar-refractivity contribution is -0.137. The van der Waals surface area contributed by atoms with Gasteiger partial charge in [-0.2, -0.15) is 13.2 Å². The molecular formula is C30H30ClF3N4O2. The number of alkyl halides is 3. The van der Waals surface area contributed by atoms with E-state index in [2.05, 4.69) is 20.9 Å². The van der Waals surface area contributed by atoms with Crippen molar-refractivity contribution in [1.29, 1.82) is 0 Å². The first-order chi connectivity index (χ1) is 19.2. The summed E-state index contributed by atoms with van der Waals surface area (Å²) in [4.78, 5) is 28.1. The molecule has 0 spiro atoms. The van der Waals surface area contributed by atoms with Crippen LogP contribution < -0.4 is 16.0 Å². The number of carbonyl (C=O) groups is 2. The molecule has 0 radical (unpaired) electrons. The summed E-state index contributed by atoms with van der Waals surface area (Å²) in [6.07, 6.45) is -0.579. The van der Waals surface area contributed by atoms with Gasteiger partial charge in [-0.05, 0) is 73.7 Å². The van der Waals surface area contributed by atoms with E-state index in [0.29, 0.717) is 17.8 Å². The molecule has 2 unspecified atom stereocenters. The number of carbonyl (C=O) groups excluding carboxylic acids is 2. The zero-order valence-electron chi connectivity index (χ0n) is 21.7. The van der Waals surface area contributed by atoms with Gasteiger partial charge < -0.3 is 16.0 Å². The average Bonchev–Trinajstić information content (AvgIpc) is 3.15. The first kappa shape index (κ1) is 28.0. The van der Waals surface area contributed by atoms with Gasteiger partial charge in [-0.25, -0.2) is 0 Å². The first-order valence-electron chi connectivity index (χ1n) is 13.3. The fourth-order valence-corrected chi connectivity index (χ4v) is 5.83. The minimum Gasteiger partial charge on any atom is -0.355 e. The molecular weight excluding hydrogens is 541 g/mol. The van der Waals surface area contributed by atoms with Crippen LogP contribution in [0.15, 0.2) is 72.8 Å². The number of nitrogens with one attached hydrogen (secondary N) is 3. The summed E-state index contributed by atoms with van der Waals surface area (Å²) in [5, 5.41) is 9.32. The monoisotopic (exact) mass is 570 g/mol. The third kappa shape index (κ3) is 6.77. The maximum absolute atomic E-state index is 13.1. The van der Waals surface area contributed by atoms with Crippen LogP contribution in [0.2, 0.25) is 5.02 Å². The molecule has 2 bridgehead atoms. The van der Waals surface area contributed by atoms with Crippen LogP contribution in [0.5, 0.6) is 0 Å². The molecule has 210 valence electrons. The predicted octanol–water partition coefficient (Wildman–Crippen LogP) is 6.14. The van der Waals surface area contributed by atoms with Gasteiger partial charge in [0.1, 0.15) is 0 Å². The van der Waals surface area contributed by atoms with Crippen LogP contribution in [0.3, 0.4) is 0 Å². The molecule has 0 aromatic heterocycles. The Morgan fingerprint density at radius 1 is 0.925 bits per heavy atom. The molecule has 40 heavy (non-hydrogen) atoms. The summed E-state index contributed by atoms with van der Waals surface area (Å²) < 4.78 is 39.3. The number of rotatable bonds is 8. The number of halogens is 4. The lowest BCUT2D eigenvalue weighted by Crippen LogP contribution is -2.51. The van der Waals surface area contributed by atoms with Crippen molar-refractivity contribution in [2.45, 2.75) is 56.5 Å². The highest BCUT2D eigenvalue weighted by molar-refractivity contribution is 6.30. The third-order valence-corrected chi connectivity index (χ3v) is 7.83. The van der Waals surface area contributed by atoms with Crippen LogP contribution in [0, 0.1) is 0 Å². The molecule has 3 aromatic carbocycles. The van der Waals surface area contributed by atoms with Gasteiger partial charge in [0.25, 0.3) is 5.91 Å². The molecule has 10 heteroatoms. The summed E-state index contributed by atoms with van der Waals surface area (Å²) in [6.45, 7) is 0.661. The van der Waals surface area contributed by atoms with E-state index in [0.717, 1.165) is 49.4 Å². The summed E-state index contributed by atoms with van der Waals surface area (Å²) in [7, 11) is 0. The smallest absolute Gasteiger partial charge is 0.355 e. The SMILES string of the molecule is O=C(CNC(=O)c1ccccc1Nc1cccc(C(F)(F)F)c1)NC1CC2CCC(C1)N2Cc1ccc(Cl)cc1. The van der Waals surface area contributed by atoms with Gasteiger partial charge in [0.15, 0.2) is 0 Å². The third-order valence-electron chi connectivity index (χ3n) is 7.58. The summed E-state index contributed by atoms with van der Waals surface area (Å²) in [6, 6.07) is 20.0. The van der Waals surface area contributed by atoms with Crippen molar-refractivity contribution >= 4 is 34.8 Å². The summed E-state index contributed by atoms with van der Waals surface area (Å²) in [5.74, 6) is -0.768. The number of para-hydroxylation sites is 1. The number of piperidine rings is 1. The number of fused-ring (bicyclic) bond motifs is 2. The highest BCUT2D eigenvalue weighted by atomic mass is 35.5. The lowest BCUT2D eigenvalue weighted by Gasteiger charge is -2.39. The molecule has 3 aromatic rings. The largest absolute Gasteiger partial charge is 0.416 e. The van der Waals surface area contributed by atoms with Crippen molar-refractivity contribution in [2.75, 3.05) is 11.9 Å². The molecule has 5 rings (SSSR count). The average molecular weight is 571 g/mol. The van der Waals surface area contributed by atoms with Gasteiger partial charge in [-0.1, -0.05) is 41.9 Å². The number of hydrogen-bond acceptors (Lipinski definition) is 4. The van der Waals surface area contributed by atoms with E-state index < -0.39 is 17.6 Å². The highest BCUT2D eigenvalue weighted by Gasteiger charge is 2.41. The van der Waals surface area contributed by atoms with Crippen LogP contribution in [-0.4, -0.2) is 41.4 Å². The van der Waals surface area contributed by atoms with E-state index in [-0.39, 0.29) is 29.7 Å². The van der Waals surface area contributed by atoms with E-state index in [4.69, 9.17) is 11.6 Å². The Hall–Kier alpha value is -3.56. The zero-order valence-corrected chi connectivity index (χ0v) is 22.4. The van der Waals surface area contributed by atoms with Crippen molar-refractivity contribution in [2.24, 2.45) is 0 Å². The van der Waals surface area contributed by atoms with Crippen LogP contribution in [0.25, 0.3) is 0 Å². The van der Waals surface area contributed by atoms with Crippen LogP contribution in [0.4, 0.5) is 24.5 Å². The zero-order chi connectivity index (χ0) is 28.3. The van der Waals surface area contributed by atoms with E-state index in [9.17, 15) is 22.8 Å². The maximum atomic E-state index is 13.1. The van der Waals surface area contributed by atoms with Crippen molar-refractivity contribution in [3.05, 3.63) is 94.5 Å². The second-order valence-electron chi connectivity index (χ2n) is 10.4. The first-order valence-corrected chi connectivity index (χ1v) is 13.6. The standard InChI is InChI=1S/C30H30ClF3N4O2/c31-21-10-8-19(9-11-21)18-38-24-12-13-25(38)16-23(15-24)37-28(39)17-35-29(40)26-6-1-2-7-27(26)36-22-5-3-4-20(14-22)30(32,33)34/h1-11,14,23-25,36H,12-13,15-18H2,(H,35,40)(H,37,39). The number of benzene rings is 3. The number of nitrogens with zero attached hydrogens (tertiary/aromatic N) is 1. The Morgan fingerprint density at radius 3 is 2.33 bits per heavy atom. The van der Waals surface area contributed by atoms with Crippen LogP contribution in [-0.2, 0) is 17.5 Å². The van der Waals surface area contributed by atoms with Gasteiger partial charge in [0, 0.05) is 35.4 Å². The molecule has 2 amide bonds. The maximum Gasteiger partial charge on any atom is 0.416 e. The minimum atomic E-state index is -4.48. The number of hydrogen-bond donors (Lipinski definition) is 3. The van der Waals surface area contributed by atoms with Gasteiger partial charge in [0.2, 0.25) is 5.91 Å². The Morgan fingerprint density at radius 2 is 1.62 bits per heavy atom. The van der Waals surface area contributed by atoms with Crippen molar-refractivity contribution < 1.29 is 22.8 Å².